The molecule has 1 atom stereocenters. The van der Waals surface area contributed by atoms with Gasteiger partial charge in [0.25, 0.3) is 5.91 Å². The number of urea groups is 1. The van der Waals surface area contributed by atoms with Crippen molar-refractivity contribution in [3.63, 3.8) is 0 Å². The van der Waals surface area contributed by atoms with Gasteiger partial charge < -0.3 is 5.32 Å². The maximum atomic E-state index is 13.4. The zero-order chi connectivity index (χ0) is 19.7. The molecule has 0 radical (unpaired) electrons. The standard InChI is InChI=1S/C23H28N2O3/c1-14-3-5-18(6-4-14)22(2)20(27)25(21(28)24-22)13-19(26)23-10-15-7-16(11-23)9-17(8-15)12-23/h3-6,15-17H,7-13H2,1-2H3,(H,24,28)/t15?,16?,17?,22-,23?/m0/s1. The van der Waals surface area contributed by atoms with E-state index in [4.69, 9.17) is 0 Å². The second-order valence-corrected chi connectivity index (χ2v) is 9.93. The van der Waals surface area contributed by atoms with E-state index in [0.29, 0.717) is 17.8 Å². The zero-order valence-corrected chi connectivity index (χ0v) is 16.7. The summed E-state index contributed by atoms with van der Waals surface area (Å²) in [6, 6.07) is 7.16. The van der Waals surface area contributed by atoms with Crippen LogP contribution in [-0.4, -0.2) is 29.2 Å². The van der Waals surface area contributed by atoms with Crippen molar-refractivity contribution in [2.45, 2.75) is 57.9 Å². The topological polar surface area (TPSA) is 66.5 Å². The molecule has 5 fully saturated rings. The van der Waals surface area contributed by atoms with Crippen LogP contribution in [0.3, 0.4) is 0 Å². The molecule has 5 nitrogen and oxygen atoms in total. The first-order chi connectivity index (χ1) is 13.3. The Bertz CT molecular complexity index is 824. The highest BCUT2D eigenvalue weighted by Crippen LogP contribution is 2.60. The summed E-state index contributed by atoms with van der Waals surface area (Å²) in [7, 11) is 0. The van der Waals surface area contributed by atoms with Gasteiger partial charge >= 0.3 is 6.03 Å². The van der Waals surface area contributed by atoms with Gasteiger partial charge in [-0.2, -0.15) is 0 Å². The molecule has 1 aromatic carbocycles. The van der Waals surface area contributed by atoms with Crippen LogP contribution in [0.1, 0.15) is 56.6 Å². The molecule has 28 heavy (non-hydrogen) atoms. The first-order valence-corrected chi connectivity index (χ1v) is 10.5. The van der Waals surface area contributed by atoms with Gasteiger partial charge in [0.2, 0.25) is 0 Å². The smallest absolute Gasteiger partial charge is 0.319 e. The van der Waals surface area contributed by atoms with Crippen molar-refractivity contribution in [2.24, 2.45) is 23.2 Å². The van der Waals surface area contributed by atoms with Gasteiger partial charge in [-0.3, -0.25) is 14.5 Å². The summed E-state index contributed by atoms with van der Waals surface area (Å²) in [6.45, 7) is 3.63. The number of carbonyl (C=O) groups excluding carboxylic acids is 3. The van der Waals surface area contributed by atoms with Crippen molar-refractivity contribution in [1.29, 1.82) is 0 Å². The Labute approximate surface area is 165 Å². The van der Waals surface area contributed by atoms with Gasteiger partial charge in [0.1, 0.15) is 5.54 Å². The molecule has 4 bridgehead atoms. The molecule has 3 amide bonds. The Morgan fingerprint density at radius 3 is 2.11 bits per heavy atom. The summed E-state index contributed by atoms with van der Waals surface area (Å²) >= 11 is 0. The van der Waals surface area contributed by atoms with Crippen LogP contribution in [-0.2, 0) is 15.1 Å². The minimum atomic E-state index is -1.10. The number of benzene rings is 1. The van der Waals surface area contributed by atoms with Crippen molar-refractivity contribution in [1.82, 2.24) is 10.2 Å². The number of imide groups is 1. The van der Waals surface area contributed by atoms with Gasteiger partial charge in [-0.05, 0) is 75.7 Å². The Hall–Kier alpha value is -2.17. The minimum absolute atomic E-state index is 0.0850. The maximum absolute atomic E-state index is 13.4. The molecule has 0 unspecified atom stereocenters. The molecule has 5 heteroatoms. The molecule has 1 heterocycles. The number of ketones is 1. The number of hydrogen-bond acceptors (Lipinski definition) is 3. The Morgan fingerprint density at radius 1 is 1.04 bits per heavy atom. The van der Waals surface area contributed by atoms with Gasteiger partial charge in [0.15, 0.2) is 5.78 Å². The summed E-state index contributed by atoms with van der Waals surface area (Å²) in [5, 5.41) is 2.83. The summed E-state index contributed by atoms with van der Waals surface area (Å²) in [6.07, 6.45) is 6.66. The number of Topliss-reactive ketones (excluding diaryl/α,β-unsaturated/α-hetero) is 1. The van der Waals surface area contributed by atoms with Crippen molar-refractivity contribution < 1.29 is 14.4 Å². The van der Waals surface area contributed by atoms with Crippen molar-refractivity contribution in [3.8, 4) is 0 Å². The molecular weight excluding hydrogens is 352 g/mol. The molecule has 0 aromatic heterocycles. The third-order valence-electron chi connectivity index (χ3n) is 7.84. The molecule has 0 spiro atoms. The van der Waals surface area contributed by atoms with Crippen molar-refractivity contribution in [2.75, 3.05) is 6.54 Å². The number of carbonyl (C=O) groups is 3. The number of rotatable bonds is 4. The van der Waals surface area contributed by atoms with Gasteiger partial charge in [-0.15, -0.1) is 0 Å². The lowest BCUT2D eigenvalue weighted by Gasteiger charge is -2.56. The molecule has 6 rings (SSSR count). The molecular formula is C23H28N2O3. The molecule has 5 aliphatic rings. The van der Waals surface area contributed by atoms with E-state index in [9.17, 15) is 14.4 Å². The van der Waals surface area contributed by atoms with Crippen LogP contribution in [0.4, 0.5) is 4.79 Å². The van der Waals surface area contributed by atoms with Crippen LogP contribution in [0.25, 0.3) is 0 Å². The largest absolute Gasteiger partial charge is 0.325 e. The monoisotopic (exact) mass is 380 g/mol. The van der Waals surface area contributed by atoms with Gasteiger partial charge in [0, 0.05) is 5.41 Å². The number of amides is 3. The number of aryl methyl sites for hydroxylation is 1. The number of nitrogens with one attached hydrogen (secondary N) is 1. The quantitative estimate of drug-likeness (QED) is 0.813. The highest BCUT2D eigenvalue weighted by Gasteiger charge is 2.56. The minimum Gasteiger partial charge on any atom is -0.319 e. The second kappa shape index (κ2) is 5.91. The van der Waals surface area contributed by atoms with E-state index in [1.54, 1.807) is 6.92 Å². The average molecular weight is 380 g/mol. The zero-order valence-electron chi connectivity index (χ0n) is 16.7. The second-order valence-electron chi connectivity index (χ2n) is 9.93. The highest BCUT2D eigenvalue weighted by molar-refractivity contribution is 6.09. The van der Waals surface area contributed by atoms with Crippen LogP contribution in [0.15, 0.2) is 24.3 Å². The molecule has 4 saturated carbocycles. The van der Waals surface area contributed by atoms with E-state index < -0.39 is 11.6 Å². The lowest BCUT2D eigenvalue weighted by molar-refractivity contribution is -0.147. The highest BCUT2D eigenvalue weighted by atomic mass is 16.2. The predicted octanol–water partition coefficient (Wildman–Crippen LogP) is 3.55. The third kappa shape index (κ3) is 2.55. The molecule has 1 saturated heterocycles. The molecule has 1 N–H and O–H groups in total. The number of nitrogens with zero attached hydrogens (tertiary/aromatic N) is 1. The van der Waals surface area contributed by atoms with Crippen LogP contribution in [0, 0.1) is 30.1 Å². The Morgan fingerprint density at radius 2 is 1.57 bits per heavy atom. The SMILES string of the molecule is Cc1ccc([C@]2(C)NC(=O)N(CC(=O)C34CC5CC(CC(C5)C3)C4)C2=O)cc1. The summed E-state index contributed by atoms with van der Waals surface area (Å²) < 4.78 is 0. The normalized spacial score (nSPS) is 38.8. The van der Waals surface area contributed by atoms with E-state index in [0.717, 1.165) is 35.3 Å². The van der Waals surface area contributed by atoms with E-state index in [1.807, 2.05) is 31.2 Å². The fourth-order valence-corrected chi connectivity index (χ4v) is 6.69. The van der Waals surface area contributed by atoms with Gasteiger partial charge in [0.05, 0.1) is 6.54 Å². The fourth-order valence-electron chi connectivity index (χ4n) is 6.69. The van der Waals surface area contributed by atoms with Crippen LogP contribution < -0.4 is 5.32 Å². The van der Waals surface area contributed by atoms with E-state index >= 15 is 0 Å². The Kier molecular flexibility index (Phi) is 3.78. The van der Waals surface area contributed by atoms with Crippen LogP contribution in [0.2, 0.25) is 0 Å². The average Bonchev–Trinajstić information content (AvgIpc) is 2.85. The van der Waals surface area contributed by atoms with Crippen LogP contribution in [0.5, 0.6) is 0 Å². The first kappa shape index (κ1) is 17.9. The lowest BCUT2D eigenvalue weighted by atomic mass is 9.48. The molecule has 4 aliphatic carbocycles. The molecule has 1 aromatic rings. The van der Waals surface area contributed by atoms with Crippen molar-refractivity contribution in [3.05, 3.63) is 35.4 Å². The summed E-state index contributed by atoms with van der Waals surface area (Å²) in [5.41, 5.74) is 0.448. The fraction of sp³-hybridized carbons (Fsp3) is 0.609. The Balaban J connectivity index is 1.37. The van der Waals surface area contributed by atoms with Crippen LogP contribution >= 0.6 is 0 Å². The molecule has 1 aliphatic heterocycles. The van der Waals surface area contributed by atoms with E-state index in [1.165, 1.54) is 19.3 Å². The van der Waals surface area contributed by atoms with Gasteiger partial charge in [-0.1, -0.05) is 29.8 Å². The number of hydrogen-bond donors (Lipinski definition) is 1. The van der Waals surface area contributed by atoms with Crippen molar-refractivity contribution >= 4 is 17.7 Å². The van der Waals surface area contributed by atoms with E-state index in [-0.39, 0.29) is 23.7 Å². The summed E-state index contributed by atoms with van der Waals surface area (Å²) in [4.78, 5) is 40.3. The molecule has 148 valence electrons. The van der Waals surface area contributed by atoms with Gasteiger partial charge in [-0.25, -0.2) is 4.79 Å². The van der Waals surface area contributed by atoms with E-state index in [2.05, 4.69) is 5.32 Å². The maximum Gasteiger partial charge on any atom is 0.325 e. The predicted molar refractivity (Wildman–Crippen MR) is 104 cm³/mol. The first-order valence-electron chi connectivity index (χ1n) is 10.5. The summed E-state index contributed by atoms with van der Waals surface area (Å²) in [5.74, 6) is 1.77. The third-order valence-corrected chi connectivity index (χ3v) is 7.84. The lowest BCUT2D eigenvalue weighted by Crippen LogP contribution is -2.53.